The van der Waals surface area contributed by atoms with Crippen molar-refractivity contribution in [3.05, 3.63) is 11.7 Å². The first-order valence-corrected chi connectivity index (χ1v) is 5.79. The number of nitrogens with one attached hydrogen (secondary N) is 1. The molecule has 2 rings (SSSR count). The predicted octanol–water partition coefficient (Wildman–Crippen LogP) is 1.74. The third kappa shape index (κ3) is 2.78. The fourth-order valence-electron chi connectivity index (χ4n) is 1.93. The molecule has 15 heavy (non-hydrogen) atoms. The lowest BCUT2D eigenvalue weighted by Gasteiger charge is -2.20. The summed E-state index contributed by atoms with van der Waals surface area (Å²) in [4.78, 5) is 4.40. The van der Waals surface area contributed by atoms with Gasteiger partial charge in [0.05, 0.1) is 0 Å². The molecule has 0 radical (unpaired) electrons. The van der Waals surface area contributed by atoms with Crippen molar-refractivity contribution in [1.29, 1.82) is 0 Å². The van der Waals surface area contributed by atoms with Gasteiger partial charge in [-0.15, -0.1) is 0 Å². The normalized spacial score (nSPS) is 22.2. The molecule has 1 atom stereocenters. The van der Waals surface area contributed by atoms with Crippen LogP contribution in [0.5, 0.6) is 0 Å². The van der Waals surface area contributed by atoms with Crippen LogP contribution in [0.15, 0.2) is 4.52 Å². The largest absolute Gasteiger partial charge is 0.339 e. The molecule has 1 aromatic rings. The highest BCUT2D eigenvalue weighted by Gasteiger charge is 2.17. The van der Waals surface area contributed by atoms with Crippen molar-refractivity contribution < 1.29 is 4.52 Å². The highest BCUT2D eigenvalue weighted by atomic mass is 16.5. The van der Waals surface area contributed by atoms with Gasteiger partial charge in [0.1, 0.15) is 0 Å². The summed E-state index contributed by atoms with van der Waals surface area (Å²) in [5, 5.41) is 7.37. The summed E-state index contributed by atoms with van der Waals surface area (Å²) in [5.41, 5.74) is 0. The lowest BCUT2D eigenvalue weighted by Crippen LogP contribution is -2.30. The van der Waals surface area contributed by atoms with Gasteiger partial charge in [-0.3, -0.25) is 0 Å². The van der Waals surface area contributed by atoms with Crippen molar-refractivity contribution in [3.8, 4) is 0 Å². The second-order valence-electron chi connectivity index (χ2n) is 4.62. The van der Waals surface area contributed by atoms with Crippen LogP contribution in [0.3, 0.4) is 0 Å². The van der Waals surface area contributed by atoms with E-state index in [0.29, 0.717) is 11.8 Å². The second kappa shape index (κ2) is 4.75. The van der Waals surface area contributed by atoms with E-state index in [1.54, 1.807) is 0 Å². The Bertz CT molecular complexity index is 303. The van der Waals surface area contributed by atoms with Gasteiger partial charge >= 0.3 is 0 Å². The van der Waals surface area contributed by atoms with Crippen LogP contribution >= 0.6 is 0 Å². The van der Waals surface area contributed by atoms with Crippen LogP contribution in [0.25, 0.3) is 0 Å². The van der Waals surface area contributed by atoms with Gasteiger partial charge in [0.15, 0.2) is 5.82 Å². The molecule has 2 heterocycles. The van der Waals surface area contributed by atoms with Crippen LogP contribution in [0.4, 0.5) is 0 Å². The van der Waals surface area contributed by atoms with Crippen LogP contribution < -0.4 is 5.32 Å². The molecule has 1 aliphatic heterocycles. The summed E-state index contributed by atoms with van der Waals surface area (Å²) in [6.07, 6.45) is 3.45. The molecule has 0 amide bonds. The summed E-state index contributed by atoms with van der Waals surface area (Å²) < 4.78 is 5.24. The summed E-state index contributed by atoms with van der Waals surface area (Å²) in [7, 11) is 0. The molecular formula is C11H19N3O. The van der Waals surface area contributed by atoms with E-state index < -0.39 is 0 Å². The minimum atomic E-state index is 0.354. The van der Waals surface area contributed by atoms with Crippen molar-refractivity contribution >= 4 is 0 Å². The van der Waals surface area contributed by atoms with E-state index in [0.717, 1.165) is 31.2 Å². The Kier molecular flexibility index (Phi) is 3.36. The summed E-state index contributed by atoms with van der Waals surface area (Å²) in [6.45, 7) is 6.39. The molecule has 0 unspecified atom stereocenters. The molecule has 84 valence electrons. The molecule has 0 saturated carbocycles. The fourth-order valence-corrected chi connectivity index (χ4v) is 1.93. The van der Waals surface area contributed by atoms with E-state index >= 15 is 0 Å². The van der Waals surface area contributed by atoms with Gasteiger partial charge in [0.25, 0.3) is 0 Å². The zero-order valence-corrected chi connectivity index (χ0v) is 9.49. The van der Waals surface area contributed by atoms with Gasteiger partial charge < -0.3 is 9.84 Å². The molecule has 0 aliphatic carbocycles. The number of piperidine rings is 1. The third-order valence-electron chi connectivity index (χ3n) is 2.86. The van der Waals surface area contributed by atoms with Gasteiger partial charge in [-0.25, -0.2) is 0 Å². The molecule has 1 aromatic heterocycles. The van der Waals surface area contributed by atoms with Gasteiger partial charge in [-0.05, 0) is 31.8 Å². The second-order valence-corrected chi connectivity index (χ2v) is 4.62. The molecule has 1 aliphatic rings. The van der Waals surface area contributed by atoms with Crippen molar-refractivity contribution in [2.75, 3.05) is 13.1 Å². The average Bonchev–Trinajstić information content (AvgIpc) is 2.68. The molecule has 1 N–H and O–H groups in total. The number of rotatable bonds is 3. The Balaban J connectivity index is 1.91. The first kappa shape index (κ1) is 10.6. The van der Waals surface area contributed by atoms with Gasteiger partial charge in [-0.1, -0.05) is 19.0 Å². The van der Waals surface area contributed by atoms with Crippen LogP contribution in [0, 0.1) is 5.92 Å². The van der Waals surface area contributed by atoms with Gasteiger partial charge in [0.2, 0.25) is 5.89 Å². The average molecular weight is 209 g/mol. The Morgan fingerprint density at radius 2 is 2.40 bits per heavy atom. The smallest absolute Gasteiger partial charge is 0.226 e. The predicted molar refractivity (Wildman–Crippen MR) is 57.7 cm³/mol. The van der Waals surface area contributed by atoms with E-state index in [1.807, 2.05) is 0 Å². The van der Waals surface area contributed by atoms with Crippen molar-refractivity contribution in [2.24, 2.45) is 5.92 Å². The molecule has 1 saturated heterocycles. The highest BCUT2D eigenvalue weighted by molar-refractivity contribution is 4.93. The molecule has 0 bridgehead atoms. The van der Waals surface area contributed by atoms with Crippen molar-refractivity contribution in [1.82, 2.24) is 15.5 Å². The number of hydrogen-bond acceptors (Lipinski definition) is 4. The van der Waals surface area contributed by atoms with Crippen molar-refractivity contribution in [3.63, 3.8) is 0 Å². The minimum absolute atomic E-state index is 0.354. The minimum Gasteiger partial charge on any atom is -0.339 e. The quantitative estimate of drug-likeness (QED) is 0.823. The van der Waals surface area contributed by atoms with E-state index in [1.165, 1.54) is 12.8 Å². The van der Waals surface area contributed by atoms with Gasteiger partial charge in [0, 0.05) is 12.3 Å². The van der Waals surface area contributed by atoms with E-state index in [2.05, 4.69) is 29.3 Å². The molecule has 0 aromatic carbocycles. The SMILES string of the molecule is CC(C)c1noc(C[C@@H]2CCCNC2)n1. The third-order valence-corrected chi connectivity index (χ3v) is 2.86. The Morgan fingerprint density at radius 3 is 3.00 bits per heavy atom. The first-order chi connectivity index (χ1) is 7.25. The Labute approximate surface area is 90.4 Å². The highest BCUT2D eigenvalue weighted by Crippen LogP contribution is 2.17. The zero-order valence-electron chi connectivity index (χ0n) is 9.49. The molecule has 1 fully saturated rings. The summed E-state index contributed by atoms with van der Waals surface area (Å²) in [5.74, 6) is 2.65. The standard InChI is InChI=1S/C11H19N3O/c1-8(2)11-13-10(15-14-11)6-9-4-3-5-12-7-9/h8-9,12H,3-7H2,1-2H3/t9-/m0/s1. The van der Waals surface area contributed by atoms with Gasteiger partial charge in [-0.2, -0.15) is 4.98 Å². The molecule has 4 heteroatoms. The van der Waals surface area contributed by atoms with E-state index in [4.69, 9.17) is 4.52 Å². The monoisotopic (exact) mass is 209 g/mol. The van der Waals surface area contributed by atoms with E-state index in [-0.39, 0.29) is 0 Å². The Hall–Kier alpha value is -0.900. The lowest BCUT2D eigenvalue weighted by molar-refractivity contribution is 0.314. The van der Waals surface area contributed by atoms with Crippen LogP contribution in [0.1, 0.15) is 44.3 Å². The van der Waals surface area contributed by atoms with E-state index in [9.17, 15) is 0 Å². The lowest BCUT2D eigenvalue weighted by atomic mass is 9.96. The van der Waals surface area contributed by atoms with Crippen LogP contribution in [-0.2, 0) is 6.42 Å². The topological polar surface area (TPSA) is 51.0 Å². The maximum atomic E-state index is 5.24. The molecule has 4 nitrogen and oxygen atoms in total. The maximum absolute atomic E-state index is 5.24. The van der Waals surface area contributed by atoms with Crippen molar-refractivity contribution in [2.45, 2.75) is 39.0 Å². The summed E-state index contributed by atoms with van der Waals surface area (Å²) >= 11 is 0. The maximum Gasteiger partial charge on any atom is 0.226 e. The Morgan fingerprint density at radius 1 is 1.53 bits per heavy atom. The fraction of sp³-hybridized carbons (Fsp3) is 0.818. The zero-order chi connectivity index (χ0) is 10.7. The number of hydrogen-bond donors (Lipinski definition) is 1. The summed E-state index contributed by atoms with van der Waals surface area (Å²) in [6, 6.07) is 0. The molecular weight excluding hydrogens is 190 g/mol. The first-order valence-electron chi connectivity index (χ1n) is 5.79. The number of aromatic nitrogens is 2. The number of nitrogens with zero attached hydrogens (tertiary/aromatic N) is 2. The van der Waals surface area contributed by atoms with Crippen LogP contribution in [-0.4, -0.2) is 23.2 Å². The molecule has 0 spiro atoms. The van der Waals surface area contributed by atoms with Crippen LogP contribution in [0.2, 0.25) is 0 Å².